The average Bonchev–Trinajstić information content (AvgIpc) is 3.34. The van der Waals surface area contributed by atoms with Gasteiger partial charge in [-0.1, -0.05) is 42.2 Å². The van der Waals surface area contributed by atoms with Crippen molar-refractivity contribution < 1.29 is 4.79 Å². The maximum Gasteiger partial charge on any atom is 0.236 e. The monoisotopic (exact) mass is 392 g/mol. The molecule has 0 bridgehead atoms. The first-order valence-electron chi connectivity index (χ1n) is 7.54. The van der Waals surface area contributed by atoms with Gasteiger partial charge in [-0.3, -0.25) is 14.7 Å². The number of aromatic nitrogens is 5. The molecule has 3 aromatic rings. The van der Waals surface area contributed by atoms with Crippen LogP contribution in [0.25, 0.3) is 10.7 Å². The molecule has 0 saturated carbocycles. The number of anilines is 1. The SMILES string of the molecule is C=CCn1c(SCC(=O)Nc2nnc(CC)s2)nnc1-c1cccs1. The van der Waals surface area contributed by atoms with Crippen LogP contribution in [-0.2, 0) is 17.8 Å². The van der Waals surface area contributed by atoms with Gasteiger partial charge in [0, 0.05) is 6.54 Å². The number of carbonyl (C=O) groups excluding carboxylic acids is 1. The Morgan fingerprint density at radius 1 is 1.40 bits per heavy atom. The lowest BCUT2D eigenvalue weighted by molar-refractivity contribution is -0.113. The molecule has 0 saturated heterocycles. The fourth-order valence-electron chi connectivity index (χ4n) is 2.01. The normalized spacial score (nSPS) is 10.8. The van der Waals surface area contributed by atoms with Gasteiger partial charge in [-0.25, -0.2) is 0 Å². The molecule has 0 fully saturated rings. The molecule has 7 nitrogen and oxygen atoms in total. The number of carbonyl (C=O) groups is 1. The number of allylic oxidation sites excluding steroid dienone is 1. The highest BCUT2D eigenvalue weighted by Crippen LogP contribution is 2.27. The van der Waals surface area contributed by atoms with Gasteiger partial charge in [0.2, 0.25) is 11.0 Å². The van der Waals surface area contributed by atoms with Crippen molar-refractivity contribution in [3.8, 4) is 10.7 Å². The molecule has 0 aliphatic rings. The molecule has 0 spiro atoms. The Labute approximate surface area is 157 Å². The van der Waals surface area contributed by atoms with E-state index in [4.69, 9.17) is 0 Å². The summed E-state index contributed by atoms with van der Waals surface area (Å²) in [6.07, 6.45) is 2.59. The first-order valence-corrected chi connectivity index (χ1v) is 10.2. The maximum atomic E-state index is 12.1. The Bertz CT molecular complexity index is 855. The Morgan fingerprint density at radius 2 is 2.28 bits per heavy atom. The lowest BCUT2D eigenvalue weighted by atomic mass is 10.4. The third-order valence-electron chi connectivity index (χ3n) is 3.12. The van der Waals surface area contributed by atoms with Crippen molar-refractivity contribution >= 4 is 45.5 Å². The molecule has 0 atom stereocenters. The molecule has 0 unspecified atom stereocenters. The summed E-state index contributed by atoms with van der Waals surface area (Å²) in [4.78, 5) is 13.2. The van der Waals surface area contributed by atoms with E-state index in [1.165, 1.54) is 23.1 Å². The van der Waals surface area contributed by atoms with E-state index in [-0.39, 0.29) is 11.7 Å². The van der Waals surface area contributed by atoms with Crippen LogP contribution < -0.4 is 5.32 Å². The van der Waals surface area contributed by atoms with Crippen molar-refractivity contribution in [1.82, 2.24) is 25.0 Å². The molecule has 3 aromatic heterocycles. The molecule has 25 heavy (non-hydrogen) atoms. The number of rotatable bonds is 8. The summed E-state index contributed by atoms with van der Waals surface area (Å²) < 4.78 is 1.96. The quantitative estimate of drug-likeness (QED) is 0.467. The third kappa shape index (κ3) is 4.33. The lowest BCUT2D eigenvalue weighted by Gasteiger charge is -2.06. The highest BCUT2D eigenvalue weighted by atomic mass is 32.2. The van der Waals surface area contributed by atoms with Gasteiger partial charge >= 0.3 is 0 Å². The smallest absolute Gasteiger partial charge is 0.236 e. The predicted molar refractivity (Wildman–Crippen MR) is 102 cm³/mol. The molecule has 10 heteroatoms. The van der Waals surface area contributed by atoms with Gasteiger partial charge in [-0.2, -0.15) is 0 Å². The van der Waals surface area contributed by atoms with Crippen LogP contribution in [0, 0.1) is 0 Å². The number of amides is 1. The molecule has 0 aliphatic carbocycles. The van der Waals surface area contributed by atoms with E-state index in [1.54, 1.807) is 17.4 Å². The van der Waals surface area contributed by atoms with Gasteiger partial charge in [0.15, 0.2) is 11.0 Å². The lowest BCUT2D eigenvalue weighted by Crippen LogP contribution is -2.14. The minimum absolute atomic E-state index is 0.144. The molecule has 1 N–H and O–H groups in total. The molecule has 130 valence electrons. The zero-order valence-corrected chi connectivity index (χ0v) is 16.0. The molecule has 0 aromatic carbocycles. The Morgan fingerprint density at radius 3 is 2.96 bits per heavy atom. The first-order chi connectivity index (χ1) is 12.2. The Kier molecular flexibility index (Phi) is 5.95. The largest absolute Gasteiger partial charge is 0.300 e. The van der Waals surface area contributed by atoms with Crippen molar-refractivity contribution in [1.29, 1.82) is 0 Å². The Balaban J connectivity index is 1.66. The van der Waals surface area contributed by atoms with E-state index >= 15 is 0 Å². The van der Waals surface area contributed by atoms with Crippen LogP contribution in [0.15, 0.2) is 35.3 Å². The molecular weight excluding hydrogens is 376 g/mol. The summed E-state index contributed by atoms with van der Waals surface area (Å²) in [5.74, 6) is 0.866. The predicted octanol–water partition coefficient (Wildman–Crippen LogP) is 3.34. The summed E-state index contributed by atoms with van der Waals surface area (Å²) in [7, 11) is 0. The van der Waals surface area contributed by atoms with Crippen molar-refractivity contribution in [2.45, 2.75) is 25.0 Å². The summed E-state index contributed by atoms with van der Waals surface area (Å²) in [5, 5.41) is 23.3. The maximum absolute atomic E-state index is 12.1. The van der Waals surface area contributed by atoms with E-state index in [9.17, 15) is 4.79 Å². The zero-order chi connectivity index (χ0) is 17.6. The number of thiophene rings is 1. The van der Waals surface area contributed by atoms with Crippen LogP contribution in [0.5, 0.6) is 0 Å². The highest BCUT2D eigenvalue weighted by molar-refractivity contribution is 7.99. The van der Waals surface area contributed by atoms with Crippen molar-refractivity contribution in [3.63, 3.8) is 0 Å². The summed E-state index contributed by atoms with van der Waals surface area (Å²) in [6.45, 7) is 6.37. The average molecular weight is 393 g/mol. The van der Waals surface area contributed by atoms with Crippen LogP contribution in [0.1, 0.15) is 11.9 Å². The van der Waals surface area contributed by atoms with Crippen molar-refractivity contribution in [2.24, 2.45) is 0 Å². The van der Waals surface area contributed by atoms with Crippen molar-refractivity contribution in [2.75, 3.05) is 11.1 Å². The second-order valence-electron chi connectivity index (χ2n) is 4.87. The number of nitrogens with zero attached hydrogens (tertiary/aromatic N) is 5. The van der Waals surface area contributed by atoms with Gasteiger partial charge in [-0.05, 0) is 17.9 Å². The minimum atomic E-state index is -0.144. The number of thioether (sulfide) groups is 1. The molecule has 3 heterocycles. The van der Waals surface area contributed by atoms with Gasteiger partial charge in [0.1, 0.15) is 5.01 Å². The van der Waals surface area contributed by atoms with Gasteiger partial charge in [-0.15, -0.1) is 38.3 Å². The third-order valence-corrected chi connectivity index (χ3v) is 5.93. The van der Waals surface area contributed by atoms with E-state index in [0.29, 0.717) is 16.8 Å². The summed E-state index contributed by atoms with van der Waals surface area (Å²) >= 11 is 4.32. The van der Waals surface area contributed by atoms with Crippen LogP contribution in [-0.4, -0.2) is 36.6 Å². The Hall–Kier alpha value is -2.04. The van der Waals surface area contributed by atoms with Crippen LogP contribution in [0.2, 0.25) is 0 Å². The van der Waals surface area contributed by atoms with E-state index in [2.05, 4.69) is 32.3 Å². The summed E-state index contributed by atoms with van der Waals surface area (Å²) in [5.41, 5.74) is 0. The van der Waals surface area contributed by atoms with E-state index in [0.717, 1.165) is 22.1 Å². The summed E-state index contributed by atoms with van der Waals surface area (Å²) in [6, 6.07) is 3.97. The highest BCUT2D eigenvalue weighted by Gasteiger charge is 2.16. The van der Waals surface area contributed by atoms with Gasteiger partial charge < -0.3 is 0 Å². The van der Waals surface area contributed by atoms with E-state index < -0.39 is 0 Å². The topological polar surface area (TPSA) is 85.6 Å². The zero-order valence-electron chi connectivity index (χ0n) is 13.5. The van der Waals surface area contributed by atoms with E-state index in [1.807, 2.05) is 29.0 Å². The first kappa shape index (κ1) is 17.8. The fourth-order valence-corrected chi connectivity index (χ4v) is 4.17. The number of hydrogen-bond donors (Lipinski definition) is 1. The number of nitrogens with one attached hydrogen (secondary N) is 1. The number of aryl methyl sites for hydroxylation is 1. The van der Waals surface area contributed by atoms with Crippen LogP contribution in [0.3, 0.4) is 0 Å². The van der Waals surface area contributed by atoms with Gasteiger partial charge in [0.05, 0.1) is 10.6 Å². The van der Waals surface area contributed by atoms with Crippen LogP contribution >= 0.6 is 34.4 Å². The standard InChI is InChI=1S/C15H16N6OS3/c1-3-7-21-13(10-6-5-8-23-10)18-20-15(21)24-9-11(22)16-14-19-17-12(4-2)25-14/h3,5-6,8H,1,4,7,9H2,2H3,(H,16,19,22). The number of hydrogen-bond acceptors (Lipinski definition) is 8. The van der Waals surface area contributed by atoms with Crippen LogP contribution in [0.4, 0.5) is 5.13 Å². The van der Waals surface area contributed by atoms with Crippen molar-refractivity contribution in [3.05, 3.63) is 35.2 Å². The molecule has 3 rings (SSSR count). The molecule has 0 aliphatic heterocycles. The van der Waals surface area contributed by atoms with Gasteiger partial charge in [0.25, 0.3) is 0 Å². The molecule has 1 amide bonds. The second kappa shape index (κ2) is 8.37. The molecular formula is C15H16N6OS3. The second-order valence-corrected chi connectivity index (χ2v) is 7.83. The fraction of sp³-hybridized carbons (Fsp3) is 0.267. The minimum Gasteiger partial charge on any atom is -0.300 e. The molecule has 0 radical (unpaired) electrons.